The summed E-state index contributed by atoms with van der Waals surface area (Å²) in [6, 6.07) is 0. The van der Waals surface area contributed by atoms with Crippen LogP contribution in [-0.2, 0) is 0 Å². The SMILES string of the molecule is CCSCCC(C)(Cl)Cl. The molecule has 0 aromatic heterocycles. The van der Waals surface area contributed by atoms with E-state index < -0.39 is 4.33 Å². The lowest BCUT2D eigenvalue weighted by molar-refractivity contribution is 0.831. The van der Waals surface area contributed by atoms with E-state index in [2.05, 4.69) is 6.92 Å². The van der Waals surface area contributed by atoms with Crippen LogP contribution >= 0.6 is 35.0 Å². The molecule has 0 rings (SSSR count). The summed E-state index contributed by atoms with van der Waals surface area (Å²) < 4.78 is -0.526. The highest BCUT2D eigenvalue weighted by molar-refractivity contribution is 7.99. The summed E-state index contributed by atoms with van der Waals surface area (Å²) in [7, 11) is 0. The minimum absolute atomic E-state index is 0.526. The second kappa shape index (κ2) is 4.70. The zero-order chi connectivity index (χ0) is 7.33. The molecule has 0 spiro atoms. The zero-order valence-electron chi connectivity index (χ0n) is 5.79. The van der Waals surface area contributed by atoms with Gasteiger partial charge in [-0.3, -0.25) is 0 Å². The molecule has 0 aliphatic heterocycles. The Morgan fingerprint density at radius 3 is 2.33 bits per heavy atom. The standard InChI is InChI=1S/C6H12Cl2S/c1-3-9-5-4-6(2,7)8/h3-5H2,1-2H3. The second-order valence-electron chi connectivity index (χ2n) is 2.02. The largest absolute Gasteiger partial charge is 0.162 e. The van der Waals surface area contributed by atoms with Crippen molar-refractivity contribution in [3.8, 4) is 0 Å². The maximum absolute atomic E-state index is 5.72. The minimum atomic E-state index is -0.526. The number of alkyl halides is 2. The smallest absolute Gasteiger partial charge is 0.116 e. The van der Waals surface area contributed by atoms with Crippen molar-refractivity contribution in [3.05, 3.63) is 0 Å². The normalized spacial score (nSPS) is 12.0. The number of hydrogen-bond acceptors (Lipinski definition) is 1. The second-order valence-corrected chi connectivity index (χ2v) is 5.27. The lowest BCUT2D eigenvalue weighted by atomic mass is 10.4. The molecule has 0 amide bonds. The van der Waals surface area contributed by atoms with Crippen LogP contribution in [0.3, 0.4) is 0 Å². The Morgan fingerprint density at radius 1 is 1.44 bits per heavy atom. The van der Waals surface area contributed by atoms with Crippen molar-refractivity contribution in [3.63, 3.8) is 0 Å². The van der Waals surface area contributed by atoms with E-state index in [1.54, 1.807) is 0 Å². The van der Waals surface area contributed by atoms with Crippen LogP contribution in [0.15, 0.2) is 0 Å². The molecule has 0 nitrogen and oxygen atoms in total. The van der Waals surface area contributed by atoms with Crippen LogP contribution in [0.2, 0.25) is 0 Å². The molecule has 3 heteroatoms. The highest BCUT2D eigenvalue weighted by atomic mass is 35.5. The molecule has 56 valence electrons. The van der Waals surface area contributed by atoms with E-state index in [-0.39, 0.29) is 0 Å². The zero-order valence-corrected chi connectivity index (χ0v) is 8.11. The monoisotopic (exact) mass is 186 g/mol. The molecule has 0 fully saturated rings. The van der Waals surface area contributed by atoms with Crippen LogP contribution < -0.4 is 0 Å². The number of thioether (sulfide) groups is 1. The first-order chi connectivity index (χ1) is 4.06. The fraction of sp³-hybridized carbons (Fsp3) is 1.00. The molecular weight excluding hydrogens is 175 g/mol. The third-order valence-corrected chi connectivity index (χ3v) is 2.17. The molecular formula is C6H12Cl2S. The number of rotatable bonds is 4. The van der Waals surface area contributed by atoms with Gasteiger partial charge in [0.1, 0.15) is 4.33 Å². The molecule has 0 radical (unpaired) electrons. The number of halogens is 2. The first kappa shape index (κ1) is 9.93. The lowest BCUT2D eigenvalue weighted by Gasteiger charge is -2.10. The van der Waals surface area contributed by atoms with Crippen molar-refractivity contribution in [1.29, 1.82) is 0 Å². The first-order valence-corrected chi connectivity index (χ1v) is 4.93. The van der Waals surface area contributed by atoms with Gasteiger partial charge in [0.05, 0.1) is 0 Å². The van der Waals surface area contributed by atoms with Gasteiger partial charge >= 0.3 is 0 Å². The van der Waals surface area contributed by atoms with Gasteiger partial charge in [-0.05, 0) is 24.9 Å². The Bertz CT molecular complexity index is 67.9. The lowest BCUT2D eigenvalue weighted by Crippen LogP contribution is -2.06. The van der Waals surface area contributed by atoms with E-state index >= 15 is 0 Å². The van der Waals surface area contributed by atoms with E-state index in [4.69, 9.17) is 23.2 Å². The Morgan fingerprint density at radius 2 is 2.00 bits per heavy atom. The summed E-state index contributed by atoms with van der Waals surface area (Å²) in [5.74, 6) is 2.20. The molecule has 0 unspecified atom stereocenters. The Labute approximate surface area is 71.3 Å². The van der Waals surface area contributed by atoms with Gasteiger partial charge in [0.15, 0.2) is 0 Å². The van der Waals surface area contributed by atoms with E-state index in [0.29, 0.717) is 0 Å². The van der Waals surface area contributed by atoms with Gasteiger partial charge in [-0.2, -0.15) is 11.8 Å². The van der Waals surface area contributed by atoms with Crippen LogP contribution in [0.4, 0.5) is 0 Å². The van der Waals surface area contributed by atoms with Crippen molar-refractivity contribution in [2.24, 2.45) is 0 Å². The molecule has 9 heavy (non-hydrogen) atoms. The molecule has 0 saturated heterocycles. The predicted molar refractivity (Wildman–Crippen MR) is 47.7 cm³/mol. The molecule has 0 N–H and O–H groups in total. The van der Waals surface area contributed by atoms with Crippen molar-refractivity contribution in [2.45, 2.75) is 24.6 Å². The molecule has 0 aliphatic carbocycles. The van der Waals surface area contributed by atoms with E-state index in [1.807, 2.05) is 18.7 Å². The summed E-state index contributed by atoms with van der Waals surface area (Å²) >= 11 is 13.3. The van der Waals surface area contributed by atoms with E-state index in [1.165, 1.54) is 0 Å². The molecule has 0 atom stereocenters. The average molecular weight is 187 g/mol. The molecule has 0 bridgehead atoms. The van der Waals surface area contributed by atoms with Gasteiger partial charge in [0.25, 0.3) is 0 Å². The van der Waals surface area contributed by atoms with Crippen LogP contribution in [0.25, 0.3) is 0 Å². The van der Waals surface area contributed by atoms with Crippen LogP contribution in [0.1, 0.15) is 20.3 Å². The summed E-state index contributed by atoms with van der Waals surface area (Å²) in [5, 5.41) is 0. The third-order valence-electron chi connectivity index (χ3n) is 0.890. The molecule has 0 heterocycles. The maximum Gasteiger partial charge on any atom is 0.116 e. The van der Waals surface area contributed by atoms with Gasteiger partial charge in [-0.15, -0.1) is 23.2 Å². The van der Waals surface area contributed by atoms with Crippen molar-refractivity contribution >= 4 is 35.0 Å². The summed E-state index contributed by atoms with van der Waals surface area (Å²) in [4.78, 5) is 0. The fourth-order valence-corrected chi connectivity index (χ4v) is 1.65. The summed E-state index contributed by atoms with van der Waals surface area (Å²) in [6.45, 7) is 3.96. The Kier molecular flexibility index (Phi) is 5.19. The van der Waals surface area contributed by atoms with Gasteiger partial charge in [0, 0.05) is 0 Å². The summed E-state index contributed by atoms with van der Waals surface area (Å²) in [6.07, 6.45) is 0.870. The highest BCUT2D eigenvalue weighted by Crippen LogP contribution is 2.25. The quantitative estimate of drug-likeness (QED) is 0.480. The minimum Gasteiger partial charge on any atom is -0.162 e. The first-order valence-electron chi connectivity index (χ1n) is 3.02. The van der Waals surface area contributed by atoms with E-state index in [9.17, 15) is 0 Å². The molecule has 0 aromatic rings. The highest BCUT2D eigenvalue weighted by Gasteiger charge is 2.14. The third kappa shape index (κ3) is 8.93. The molecule has 0 saturated carbocycles. The van der Waals surface area contributed by atoms with E-state index in [0.717, 1.165) is 17.9 Å². The molecule has 0 aliphatic rings. The molecule has 0 aromatic carbocycles. The summed E-state index contributed by atoms with van der Waals surface area (Å²) in [5.41, 5.74) is 0. The average Bonchev–Trinajstić information content (AvgIpc) is 1.63. The van der Waals surface area contributed by atoms with Gasteiger partial charge in [-0.25, -0.2) is 0 Å². The van der Waals surface area contributed by atoms with Gasteiger partial charge in [0.2, 0.25) is 0 Å². The maximum atomic E-state index is 5.72. The Balaban J connectivity index is 3.07. The Hall–Kier alpha value is 0.930. The van der Waals surface area contributed by atoms with Crippen LogP contribution in [-0.4, -0.2) is 15.8 Å². The van der Waals surface area contributed by atoms with Crippen LogP contribution in [0, 0.1) is 0 Å². The van der Waals surface area contributed by atoms with Gasteiger partial charge < -0.3 is 0 Å². The van der Waals surface area contributed by atoms with Crippen LogP contribution in [0.5, 0.6) is 0 Å². The fourth-order valence-electron chi connectivity index (χ4n) is 0.396. The van der Waals surface area contributed by atoms with Gasteiger partial charge in [-0.1, -0.05) is 6.92 Å². The van der Waals surface area contributed by atoms with Crippen molar-refractivity contribution < 1.29 is 0 Å². The predicted octanol–water partition coefficient (Wildman–Crippen LogP) is 3.32. The topological polar surface area (TPSA) is 0 Å². The number of hydrogen-bond donors (Lipinski definition) is 0. The van der Waals surface area contributed by atoms with Crippen molar-refractivity contribution in [1.82, 2.24) is 0 Å². The van der Waals surface area contributed by atoms with Crippen molar-refractivity contribution in [2.75, 3.05) is 11.5 Å².